The zero-order chi connectivity index (χ0) is 8.53. The van der Waals surface area contributed by atoms with Crippen molar-refractivity contribution in [3.05, 3.63) is 0 Å². The SMILES string of the molecule is CCCC(C)CNCCCI. The van der Waals surface area contributed by atoms with E-state index in [9.17, 15) is 0 Å². The van der Waals surface area contributed by atoms with Gasteiger partial charge in [-0.15, -0.1) is 0 Å². The lowest BCUT2D eigenvalue weighted by molar-refractivity contribution is 0.477. The molecule has 0 aliphatic carbocycles. The van der Waals surface area contributed by atoms with E-state index in [0.29, 0.717) is 0 Å². The molecule has 0 aromatic carbocycles. The fraction of sp³-hybridized carbons (Fsp3) is 1.00. The summed E-state index contributed by atoms with van der Waals surface area (Å²) in [5.41, 5.74) is 0. The van der Waals surface area contributed by atoms with Crippen LogP contribution in [0, 0.1) is 5.92 Å². The molecule has 0 saturated heterocycles. The van der Waals surface area contributed by atoms with Crippen LogP contribution in [0.15, 0.2) is 0 Å². The van der Waals surface area contributed by atoms with Crippen LogP contribution in [0.5, 0.6) is 0 Å². The van der Waals surface area contributed by atoms with Crippen LogP contribution in [0.3, 0.4) is 0 Å². The molecule has 0 aliphatic heterocycles. The Bertz CT molecular complexity index is 76.0. The van der Waals surface area contributed by atoms with E-state index >= 15 is 0 Å². The molecular weight excluding hydrogens is 249 g/mol. The maximum Gasteiger partial charge on any atom is 0.000735 e. The molecular formula is C9H20IN. The molecule has 0 aromatic rings. The van der Waals surface area contributed by atoms with Gasteiger partial charge in [0.2, 0.25) is 0 Å². The van der Waals surface area contributed by atoms with Crippen molar-refractivity contribution in [1.82, 2.24) is 5.32 Å². The summed E-state index contributed by atoms with van der Waals surface area (Å²) in [6.07, 6.45) is 3.98. The van der Waals surface area contributed by atoms with E-state index in [1.807, 2.05) is 0 Å². The Morgan fingerprint density at radius 1 is 1.45 bits per heavy atom. The van der Waals surface area contributed by atoms with E-state index in [-0.39, 0.29) is 0 Å². The first-order chi connectivity index (χ1) is 5.31. The summed E-state index contributed by atoms with van der Waals surface area (Å²) in [4.78, 5) is 0. The van der Waals surface area contributed by atoms with Gasteiger partial charge in [-0.25, -0.2) is 0 Å². The van der Waals surface area contributed by atoms with Crippen LogP contribution in [-0.4, -0.2) is 17.5 Å². The molecule has 0 bridgehead atoms. The Morgan fingerprint density at radius 2 is 2.18 bits per heavy atom. The maximum atomic E-state index is 3.47. The second kappa shape index (κ2) is 8.78. The van der Waals surface area contributed by atoms with Crippen LogP contribution >= 0.6 is 22.6 Å². The lowest BCUT2D eigenvalue weighted by atomic mass is 10.1. The van der Waals surface area contributed by atoms with Crippen molar-refractivity contribution in [1.29, 1.82) is 0 Å². The number of rotatable bonds is 7. The zero-order valence-corrected chi connectivity index (χ0v) is 9.86. The standard InChI is InChI=1S/C9H20IN/c1-3-5-9(2)8-11-7-4-6-10/h9,11H,3-8H2,1-2H3. The van der Waals surface area contributed by atoms with E-state index in [2.05, 4.69) is 41.8 Å². The summed E-state index contributed by atoms with van der Waals surface area (Å²) in [5.74, 6) is 0.856. The van der Waals surface area contributed by atoms with Crippen LogP contribution < -0.4 is 5.32 Å². The lowest BCUT2D eigenvalue weighted by Gasteiger charge is -2.10. The van der Waals surface area contributed by atoms with E-state index in [1.54, 1.807) is 0 Å². The summed E-state index contributed by atoms with van der Waals surface area (Å²) in [7, 11) is 0. The minimum absolute atomic E-state index is 0.856. The summed E-state index contributed by atoms with van der Waals surface area (Å²) in [5, 5.41) is 3.47. The normalized spacial score (nSPS) is 13.4. The van der Waals surface area contributed by atoms with Crippen molar-refractivity contribution in [2.24, 2.45) is 5.92 Å². The van der Waals surface area contributed by atoms with Crippen LogP contribution in [0.25, 0.3) is 0 Å². The molecule has 68 valence electrons. The molecule has 0 radical (unpaired) electrons. The molecule has 0 rings (SSSR count). The second-order valence-corrected chi connectivity index (χ2v) is 4.22. The minimum Gasteiger partial charge on any atom is -0.316 e. The molecule has 0 spiro atoms. The van der Waals surface area contributed by atoms with Gasteiger partial charge in [-0.3, -0.25) is 0 Å². The third kappa shape index (κ3) is 8.60. The Kier molecular flexibility index (Phi) is 9.33. The van der Waals surface area contributed by atoms with Crippen molar-refractivity contribution in [3.63, 3.8) is 0 Å². The molecule has 1 nitrogen and oxygen atoms in total. The van der Waals surface area contributed by atoms with E-state index < -0.39 is 0 Å². The van der Waals surface area contributed by atoms with Crippen molar-refractivity contribution >= 4 is 22.6 Å². The fourth-order valence-corrected chi connectivity index (χ4v) is 1.52. The summed E-state index contributed by atoms with van der Waals surface area (Å²) >= 11 is 2.42. The van der Waals surface area contributed by atoms with Gasteiger partial charge in [0.1, 0.15) is 0 Å². The van der Waals surface area contributed by atoms with Gasteiger partial charge in [0.05, 0.1) is 0 Å². The predicted molar refractivity (Wildman–Crippen MR) is 60.4 cm³/mol. The molecule has 0 saturated carbocycles. The monoisotopic (exact) mass is 269 g/mol. The average Bonchev–Trinajstić information content (AvgIpc) is 1.99. The summed E-state index contributed by atoms with van der Waals surface area (Å²) < 4.78 is 1.27. The van der Waals surface area contributed by atoms with Gasteiger partial charge in [-0.1, -0.05) is 42.9 Å². The van der Waals surface area contributed by atoms with Gasteiger partial charge in [0.25, 0.3) is 0 Å². The quantitative estimate of drug-likeness (QED) is 0.426. The first-order valence-electron chi connectivity index (χ1n) is 4.58. The lowest BCUT2D eigenvalue weighted by Crippen LogP contribution is -2.22. The summed E-state index contributed by atoms with van der Waals surface area (Å²) in [6.45, 7) is 6.96. The molecule has 0 aliphatic rings. The van der Waals surface area contributed by atoms with Gasteiger partial charge in [0, 0.05) is 4.43 Å². The highest BCUT2D eigenvalue weighted by molar-refractivity contribution is 14.1. The highest BCUT2D eigenvalue weighted by Gasteiger charge is 1.97. The number of hydrogen-bond acceptors (Lipinski definition) is 1. The molecule has 2 heteroatoms. The summed E-state index contributed by atoms with van der Waals surface area (Å²) in [6, 6.07) is 0. The van der Waals surface area contributed by atoms with Crippen LogP contribution in [0.4, 0.5) is 0 Å². The number of nitrogens with one attached hydrogen (secondary N) is 1. The van der Waals surface area contributed by atoms with Gasteiger partial charge in [0.15, 0.2) is 0 Å². The Labute approximate surface area is 84.5 Å². The van der Waals surface area contributed by atoms with Gasteiger partial charge in [-0.05, 0) is 31.8 Å². The Morgan fingerprint density at radius 3 is 2.73 bits per heavy atom. The molecule has 0 amide bonds. The third-order valence-electron chi connectivity index (χ3n) is 1.76. The molecule has 1 unspecified atom stereocenters. The van der Waals surface area contributed by atoms with Crippen molar-refractivity contribution in [2.45, 2.75) is 33.1 Å². The highest BCUT2D eigenvalue weighted by atomic mass is 127. The van der Waals surface area contributed by atoms with E-state index in [4.69, 9.17) is 0 Å². The molecule has 0 aromatic heterocycles. The minimum atomic E-state index is 0.856. The van der Waals surface area contributed by atoms with Crippen LogP contribution in [0.2, 0.25) is 0 Å². The first-order valence-corrected chi connectivity index (χ1v) is 6.10. The van der Waals surface area contributed by atoms with Crippen LogP contribution in [-0.2, 0) is 0 Å². The molecule has 1 atom stereocenters. The second-order valence-electron chi connectivity index (χ2n) is 3.14. The van der Waals surface area contributed by atoms with Crippen molar-refractivity contribution < 1.29 is 0 Å². The maximum absolute atomic E-state index is 3.47. The molecule has 11 heavy (non-hydrogen) atoms. The number of alkyl halides is 1. The van der Waals surface area contributed by atoms with E-state index in [0.717, 1.165) is 5.92 Å². The topological polar surface area (TPSA) is 12.0 Å². The van der Waals surface area contributed by atoms with Gasteiger partial charge < -0.3 is 5.32 Å². The van der Waals surface area contributed by atoms with Gasteiger partial charge >= 0.3 is 0 Å². The predicted octanol–water partition coefficient (Wildman–Crippen LogP) is 2.84. The molecule has 0 heterocycles. The largest absolute Gasteiger partial charge is 0.316 e. The third-order valence-corrected chi connectivity index (χ3v) is 2.52. The van der Waals surface area contributed by atoms with Gasteiger partial charge in [-0.2, -0.15) is 0 Å². The van der Waals surface area contributed by atoms with Crippen molar-refractivity contribution in [3.8, 4) is 0 Å². The molecule has 0 fully saturated rings. The molecule has 1 N–H and O–H groups in total. The van der Waals surface area contributed by atoms with Crippen LogP contribution in [0.1, 0.15) is 33.1 Å². The van der Waals surface area contributed by atoms with Crippen molar-refractivity contribution in [2.75, 3.05) is 17.5 Å². The zero-order valence-electron chi connectivity index (χ0n) is 7.70. The number of hydrogen-bond donors (Lipinski definition) is 1. The smallest absolute Gasteiger partial charge is 0.000735 e. The highest BCUT2D eigenvalue weighted by Crippen LogP contribution is 2.02. The average molecular weight is 269 g/mol. The Hall–Kier alpha value is 0.690. The number of halogens is 1. The Balaban J connectivity index is 2.97. The first kappa shape index (κ1) is 11.7. The van der Waals surface area contributed by atoms with E-state index in [1.165, 1.54) is 36.8 Å². The fourth-order valence-electron chi connectivity index (χ4n) is 1.14.